The van der Waals surface area contributed by atoms with Gasteiger partial charge in [0.2, 0.25) is 0 Å². The van der Waals surface area contributed by atoms with Crippen LogP contribution in [-0.4, -0.2) is 35.0 Å². The van der Waals surface area contributed by atoms with E-state index >= 15 is 0 Å². The molecular formula is C21H19N5O2S. The molecule has 3 heterocycles. The second kappa shape index (κ2) is 8.32. The fraction of sp³-hybridized carbons (Fsp3) is 0.143. The van der Waals surface area contributed by atoms with Crippen LogP contribution in [0, 0.1) is 0 Å². The van der Waals surface area contributed by atoms with E-state index in [9.17, 15) is 4.79 Å². The first-order valence-corrected chi connectivity index (χ1v) is 9.96. The molecule has 3 aromatic heterocycles. The smallest absolute Gasteiger partial charge is 0.292 e. The van der Waals surface area contributed by atoms with E-state index in [0.717, 1.165) is 16.8 Å². The van der Waals surface area contributed by atoms with E-state index in [1.54, 1.807) is 24.5 Å². The highest BCUT2D eigenvalue weighted by Gasteiger charge is 2.21. The van der Waals surface area contributed by atoms with Gasteiger partial charge in [0.1, 0.15) is 17.2 Å². The minimum atomic E-state index is -0.339. The topological polar surface area (TPSA) is 84.2 Å². The van der Waals surface area contributed by atoms with E-state index in [2.05, 4.69) is 20.3 Å². The number of hydrogen-bond donors (Lipinski definition) is 1. The third-order valence-electron chi connectivity index (χ3n) is 4.23. The average Bonchev–Trinajstić information content (AvgIpc) is 3.12. The Kier molecular flexibility index (Phi) is 5.44. The number of aromatic nitrogens is 3. The molecule has 1 N–H and O–H groups in total. The molecule has 0 aliphatic rings. The maximum Gasteiger partial charge on any atom is 0.292 e. The Balaban J connectivity index is 1.63. The number of benzene rings is 1. The first-order chi connectivity index (χ1) is 14.1. The summed E-state index contributed by atoms with van der Waals surface area (Å²) >= 11 is 1.45. The molecule has 4 aromatic rings. The van der Waals surface area contributed by atoms with E-state index in [4.69, 9.17) is 4.42 Å². The summed E-state index contributed by atoms with van der Waals surface area (Å²) in [5.41, 5.74) is 1.47. The minimum Gasteiger partial charge on any atom is -0.451 e. The van der Waals surface area contributed by atoms with E-state index in [0.29, 0.717) is 22.3 Å². The van der Waals surface area contributed by atoms with Gasteiger partial charge in [0.25, 0.3) is 5.91 Å². The molecule has 0 fully saturated rings. The maximum absolute atomic E-state index is 13.0. The zero-order valence-corrected chi connectivity index (χ0v) is 16.8. The molecule has 0 bridgehead atoms. The summed E-state index contributed by atoms with van der Waals surface area (Å²) in [5.74, 6) is 1.66. The van der Waals surface area contributed by atoms with Crippen LogP contribution in [0.4, 0.5) is 11.6 Å². The number of rotatable bonds is 6. The van der Waals surface area contributed by atoms with Crippen LogP contribution in [0.5, 0.6) is 0 Å². The number of anilines is 2. The number of thioether (sulfide) groups is 1. The van der Waals surface area contributed by atoms with Crippen LogP contribution in [0.2, 0.25) is 0 Å². The van der Waals surface area contributed by atoms with Gasteiger partial charge in [-0.1, -0.05) is 36.0 Å². The fourth-order valence-corrected chi connectivity index (χ4v) is 3.67. The van der Waals surface area contributed by atoms with Crippen molar-refractivity contribution >= 4 is 40.3 Å². The van der Waals surface area contributed by atoms with Crippen LogP contribution < -0.4 is 10.2 Å². The Labute approximate surface area is 172 Å². The van der Waals surface area contributed by atoms with Crippen molar-refractivity contribution in [3.8, 4) is 0 Å². The number of hydrogen-bond acceptors (Lipinski definition) is 7. The zero-order chi connectivity index (χ0) is 20.2. The quantitative estimate of drug-likeness (QED) is 0.380. The van der Waals surface area contributed by atoms with Gasteiger partial charge in [-0.3, -0.25) is 4.79 Å². The number of furan rings is 1. The van der Waals surface area contributed by atoms with Crippen molar-refractivity contribution in [3.05, 3.63) is 72.2 Å². The number of nitrogens with zero attached hydrogens (tertiary/aromatic N) is 4. The molecule has 8 heteroatoms. The molecule has 0 unspecified atom stereocenters. The molecule has 0 saturated heterocycles. The van der Waals surface area contributed by atoms with E-state index in [1.807, 2.05) is 55.4 Å². The van der Waals surface area contributed by atoms with Crippen molar-refractivity contribution in [2.45, 2.75) is 10.9 Å². The van der Waals surface area contributed by atoms with Crippen molar-refractivity contribution in [1.29, 1.82) is 0 Å². The molecule has 4 rings (SSSR count). The first-order valence-electron chi connectivity index (χ1n) is 8.98. The first kappa shape index (κ1) is 18.9. The highest BCUT2D eigenvalue weighted by molar-refractivity contribution is 7.98. The van der Waals surface area contributed by atoms with Gasteiger partial charge in [0.15, 0.2) is 10.9 Å². The summed E-state index contributed by atoms with van der Waals surface area (Å²) in [7, 11) is 3.79. The maximum atomic E-state index is 13.0. The summed E-state index contributed by atoms with van der Waals surface area (Å²) in [6.45, 7) is 0. The molecule has 0 radical (unpaired) electrons. The van der Waals surface area contributed by atoms with Gasteiger partial charge < -0.3 is 14.6 Å². The summed E-state index contributed by atoms with van der Waals surface area (Å²) in [4.78, 5) is 27.8. The van der Waals surface area contributed by atoms with Crippen LogP contribution >= 0.6 is 11.8 Å². The Morgan fingerprint density at radius 1 is 1.07 bits per heavy atom. The second-order valence-corrected chi connectivity index (χ2v) is 7.40. The lowest BCUT2D eigenvalue weighted by molar-refractivity contribution is 0.0997. The number of para-hydroxylation sites is 1. The van der Waals surface area contributed by atoms with Crippen molar-refractivity contribution in [2.75, 3.05) is 24.3 Å². The van der Waals surface area contributed by atoms with Gasteiger partial charge in [-0.05, 0) is 24.3 Å². The Morgan fingerprint density at radius 3 is 2.66 bits per heavy atom. The largest absolute Gasteiger partial charge is 0.451 e. The lowest BCUT2D eigenvalue weighted by Gasteiger charge is -2.12. The van der Waals surface area contributed by atoms with Gasteiger partial charge in [0, 0.05) is 43.2 Å². The lowest BCUT2D eigenvalue weighted by atomic mass is 10.1. The summed E-state index contributed by atoms with van der Waals surface area (Å²) in [6, 6.07) is 14.8. The Morgan fingerprint density at radius 2 is 1.86 bits per heavy atom. The lowest BCUT2D eigenvalue weighted by Crippen LogP contribution is -2.16. The van der Waals surface area contributed by atoms with E-state index in [1.165, 1.54) is 11.8 Å². The molecule has 0 saturated carbocycles. The summed E-state index contributed by atoms with van der Waals surface area (Å²) < 4.78 is 5.89. The summed E-state index contributed by atoms with van der Waals surface area (Å²) in [6.07, 6.45) is 3.39. The van der Waals surface area contributed by atoms with E-state index < -0.39 is 0 Å². The molecule has 0 spiro atoms. The van der Waals surface area contributed by atoms with Gasteiger partial charge in [-0.25, -0.2) is 15.0 Å². The van der Waals surface area contributed by atoms with Crippen molar-refractivity contribution in [3.63, 3.8) is 0 Å². The van der Waals surface area contributed by atoms with Crippen LogP contribution in [-0.2, 0) is 5.75 Å². The Bertz CT molecular complexity index is 1140. The molecule has 146 valence electrons. The molecule has 0 aliphatic carbocycles. The van der Waals surface area contributed by atoms with Crippen LogP contribution in [0.1, 0.15) is 16.1 Å². The highest BCUT2D eigenvalue weighted by Crippen LogP contribution is 2.31. The zero-order valence-electron chi connectivity index (χ0n) is 16.0. The molecule has 7 nitrogen and oxygen atoms in total. The van der Waals surface area contributed by atoms with Crippen molar-refractivity contribution < 1.29 is 9.21 Å². The third-order valence-corrected chi connectivity index (χ3v) is 5.13. The molecular weight excluding hydrogens is 386 g/mol. The molecule has 1 aromatic carbocycles. The normalized spacial score (nSPS) is 10.8. The number of nitrogens with one attached hydrogen (secondary N) is 1. The van der Waals surface area contributed by atoms with Crippen molar-refractivity contribution in [2.24, 2.45) is 0 Å². The van der Waals surface area contributed by atoms with Gasteiger partial charge in [0.05, 0.1) is 0 Å². The summed E-state index contributed by atoms with van der Waals surface area (Å²) in [5, 5.41) is 4.38. The monoisotopic (exact) mass is 405 g/mol. The highest BCUT2D eigenvalue weighted by atomic mass is 32.2. The van der Waals surface area contributed by atoms with Gasteiger partial charge in [-0.2, -0.15) is 0 Å². The minimum absolute atomic E-state index is 0.270. The van der Waals surface area contributed by atoms with Gasteiger partial charge in [-0.15, -0.1) is 0 Å². The molecule has 1 amide bonds. The molecule has 0 atom stereocenters. The third kappa shape index (κ3) is 4.22. The number of carbonyl (C=O) groups excluding carboxylic acids is 1. The average molecular weight is 405 g/mol. The fourth-order valence-electron chi connectivity index (χ4n) is 2.84. The van der Waals surface area contributed by atoms with Gasteiger partial charge >= 0.3 is 0 Å². The van der Waals surface area contributed by atoms with Crippen LogP contribution in [0.15, 0.2) is 70.5 Å². The van der Waals surface area contributed by atoms with Crippen molar-refractivity contribution in [1.82, 2.24) is 15.0 Å². The molecule has 29 heavy (non-hydrogen) atoms. The second-order valence-electron chi connectivity index (χ2n) is 6.46. The van der Waals surface area contributed by atoms with Crippen LogP contribution in [0.25, 0.3) is 11.0 Å². The standard InChI is InChI=1S/C21H19N5O2S/c1-26(2)18-10-5-9-17(24-18)25-20(27)19-15(13-29-21-22-11-6-12-23-21)14-7-3-4-8-16(14)28-19/h3-12H,13H2,1-2H3,(H,24,25,27). The number of carbonyl (C=O) groups is 1. The van der Waals surface area contributed by atoms with E-state index in [-0.39, 0.29) is 11.7 Å². The number of amides is 1. The number of fused-ring (bicyclic) bond motifs is 1. The SMILES string of the molecule is CN(C)c1cccc(NC(=O)c2oc3ccccc3c2CSc2ncccn2)n1. The number of pyridine rings is 1. The van der Waals surface area contributed by atoms with Crippen LogP contribution in [0.3, 0.4) is 0 Å². The predicted molar refractivity (Wildman–Crippen MR) is 114 cm³/mol. The Hall–Kier alpha value is -3.39. The predicted octanol–water partition coefficient (Wildman–Crippen LogP) is 4.23. The molecule has 0 aliphatic heterocycles.